The maximum Gasteiger partial charge on any atom is 0.292 e. The first-order chi connectivity index (χ1) is 11.1. The van der Waals surface area contributed by atoms with E-state index in [2.05, 4.69) is 15.5 Å². The van der Waals surface area contributed by atoms with Crippen LogP contribution in [0.5, 0.6) is 0 Å². The van der Waals surface area contributed by atoms with Gasteiger partial charge in [0.2, 0.25) is 5.91 Å². The summed E-state index contributed by atoms with van der Waals surface area (Å²) in [6.07, 6.45) is 4.60. The fourth-order valence-corrected chi connectivity index (χ4v) is 3.63. The Kier molecular flexibility index (Phi) is 4.76. The number of anilines is 1. The van der Waals surface area contributed by atoms with Crippen LogP contribution in [-0.4, -0.2) is 47.4 Å². The molecule has 1 aromatic rings. The van der Waals surface area contributed by atoms with Crippen LogP contribution >= 0.6 is 0 Å². The standard InChI is InChI=1S/C16H22N4O3/c21-16(11-17-12-5-1-2-7-15(12)20(22)23)18-13-8-10-19-9-4-3-6-14(13)19/h1-2,5,7,13-14,17H,3-4,6,8-11H2,(H,18,21)/t13-,14-/m0/s1. The van der Waals surface area contributed by atoms with Gasteiger partial charge in [0, 0.05) is 24.7 Å². The summed E-state index contributed by atoms with van der Waals surface area (Å²) < 4.78 is 0. The Hall–Kier alpha value is -2.15. The SMILES string of the molecule is O=C(CNc1ccccc1[N+](=O)[O-])N[C@H]1CCN2CCCC[C@@H]12. The van der Waals surface area contributed by atoms with Crippen LogP contribution in [-0.2, 0) is 4.79 Å². The van der Waals surface area contributed by atoms with E-state index in [1.54, 1.807) is 18.2 Å². The predicted molar refractivity (Wildman–Crippen MR) is 87.3 cm³/mol. The second-order valence-electron chi connectivity index (χ2n) is 6.19. The van der Waals surface area contributed by atoms with Crippen molar-refractivity contribution in [1.29, 1.82) is 0 Å². The molecule has 124 valence electrons. The maximum atomic E-state index is 12.2. The summed E-state index contributed by atoms with van der Waals surface area (Å²) in [6.45, 7) is 2.23. The average Bonchev–Trinajstić information content (AvgIpc) is 2.96. The molecule has 1 amide bonds. The number of para-hydroxylation sites is 2. The molecular formula is C16H22N4O3. The van der Waals surface area contributed by atoms with Crippen LogP contribution in [0.2, 0.25) is 0 Å². The molecular weight excluding hydrogens is 296 g/mol. The van der Waals surface area contributed by atoms with Gasteiger partial charge >= 0.3 is 0 Å². The molecule has 2 aliphatic rings. The monoisotopic (exact) mass is 318 g/mol. The molecule has 2 aliphatic heterocycles. The highest BCUT2D eigenvalue weighted by molar-refractivity contribution is 5.82. The molecule has 2 saturated heterocycles. The molecule has 23 heavy (non-hydrogen) atoms. The van der Waals surface area contributed by atoms with Gasteiger partial charge in [0.1, 0.15) is 5.69 Å². The molecule has 0 bridgehead atoms. The van der Waals surface area contributed by atoms with Crippen molar-refractivity contribution in [3.63, 3.8) is 0 Å². The van der Waals surface area contributed by atoms with Crippen LogP contribution in [0.15, 0.2) is 24.3 Å². The minimum absolute atomic E-state index is 0.0142. The Bertz CT molecular complexity index is 592. The average molecular weight is 318 g/mol. The Morgan fingerprint density at radius 1 is 1.26 bits per heavy atom. The van der Waals surface area contributed by atoms with Gasteiger partial charge in [-0.3, -0.25) is 19.8 Å². The van der Waals surface area contributed by atoms with Gasteiger partial charge in [-0.05, 0) is 31.9 Å². The molecule has 7 heteroatoms. The molecule has 3 rings (SSSR count). The quantitative estimate of drug-likeness (QED) is 0.638. The molecule has 1 aromatic carbocycles. The van der Waals surface area contributed by atoms with Gasteiger partial charge in [-0.15, -0.1) is 0 Å². The van der Waals surface area contributed by atoms with E-state index >= 15 is 0 Å². The van der Waals surface area contributed by atoms with E-state index < -0.39 is 4.92 Å². The van der Waals surface area contributed by atoms with Gasteiger partial charge in [0.25, 0.3) is 5.69 Å². The second kappa shape index (κ2) is 6.95. The normalized spacial score (nSPS) is 24.0. The molecule has 7 nitrogen and oxygen atoms in total. The number of nitro benzene ring substituents is 1. The summed E-state index contributed by atoms with van der Waals surface area (Å²) in [5, 5.41) is 16.9. The lowest BCUT2D eigenvalue weighted by atomic mass is 9.99. The Morgan fingerprint density at radius 2 is 2.09 bits per heavy atom. The minimum atomic E-state index is -0.447. The molecule has 0 aliphatic carbocycles. The molecule has 2 N–H and O–H groups in total. The smallest absolute Gasteiger partial charge is 0.292 e. The Balaban J connectivity index is 1.53. The van der Waals surface area contributed by atoms with E-state index in [1.165, 1.54) is 18.9 Å². The number of nitrogens with zero attached hydrogens (tertiary/aromatic N) is 2. The van der Waals surface area contributed by atoms with Crippen LogP contribution in [0.25, 0.3) is 0 Å². The van der Waals surface area contributed by atoms with Gasteiger partial charge in [0.05, 0.1) is 11.5 Å². The largest absolute Gasteiger partial charge is 0.371 e. The predicted octanol–water partition coefficient (Wildman–Crippen LogP) is 1.75. The molecule has 2 atom stereocenters. The van der Waals surface area contributed by atoms with Crippen molar-refractivity contribution in [1.82, 2.24) is 10.2 Å². The third-order valence-corrected chi connectivity index (χ3v) is 4.74. The number of nitro groups is 1. The lowest BCUT2D eigenvalue weighted by molar-refractivity contribution is -0.383. The number of carbonyl (C=O) groups excluding carboxylic acids is 1. The minimum Gasteiger partial charge on any atom is -0.371 e. The summed E-state index contributed by atoms with van der Waals surface area (Å²) in [5.41, 5.74) is 0.359. The van der Waals surface area contributed by atoms with Gasteiger partial charge < -0.3 is 10.6 Å². The summed E-state index contributed by atoms with van der Waals surface area (Å²) in [6, 6.07) is 7.03. The fourth-order valence-electron chi connectivity index (χ4n) is 3.63. The molecule has 0 unspecified atom stereocenters. The zero-order valence-electron chi connectivity index (χ0n) is 13.0. The number of rotatable bonds is 5. The van der Waals surface area contributed by atoms with Crippen molar-refractivity contribution in [3.05, 3.63) is 34.4 Å². The molecule has 2 fully saturated rings. The molecule has 0 saturated carbocycles. The number of piperidine rings is 1. The van der Waals surface area contributed by atoms with E-state index in [-0.39, 0.29) is 24.2 Å². The number of benzene rings is 1. The first-order valence-electron chi connectivity index (χ1n) is 8.16. The highest BCUT2D eigenvalue weighted by Gasteiger charge is 2.36. The summed E-state index contributed by atoms with van der Waals surface area (Å²) in [7, 11) is 0. The third kappa shape index (κ3) is 3.61. The van der Waals surface area contributed by atoms with Crippen molar-refractivity contribution in [2.45, 2.75) is 37.8 Å². The molecule has 0 aromatic heterocycles. The molecule has 0 radical (unpaired) electrons. The Labute approximate surface area is 135 Å². The van der Waals surface area contributed by atoms with E-state index in [9.17, 15) is 14.9 Å². The van der Waals surface area contributed by atoms with Gasteiger partial charge in [0.15, 0.2) is 0 Å². The van der Waals surface area contributed by atoms with Crippen LogP contribution in [0.1, 0.15) is 25.7 Å². The maximum absolute atomic E-state index is 12.2. The highest BCUT2D eigenvalue weighted by Crippen LogP contribution is 2.27. The van der Waals surface area contributed by atoms with E-state index in [0.717, 1.165) is 25.9 Å². The van der Waals surface area contributed by atoms with Crippen LogP contribution in [0.3, 0.4) is 0 Å². The van der Waals surface area contributed by atoms with Gasteiger partial charge in [-0.2, -0.15) is 0 Å². The lowest BCUT2D eigenvalue weighted by Gasteiger charge is -2.32. The first kappa shape index (κ1) is 15.7. The summed E-state index contributed by atoms with van der Waals surface area (Å²) in [5.74, 6) is -0.111. The molecule has 0 spiro atoms. The molecule has 2 heterocycles. The van der Waals surface area contributed by atoms with Crippen molar-refractivity contribution in [2.24, 2.45) is 0 Å². The van der Waals surface area contributed by atoms with Crippen molar-refractivity contribution in [3.8, 4) is 0 Å². The second-order valence-corrected chi connectivity index (χ2v) is 6.19. The number of amides is 1. The van der Waals surface area contributed by atoms with E-state index in [0.29, 0.717) is 11.7 Å². The highest BCUT2D eigenvalue weighted by atomic mass is 16.6. The third-order valence-electron chi connectivity index (χ3n) is 4.74. The fraction of sp³-hybridized carbons (Fsp3) is 0.562. The van der Waals surface area contributed by atoms with Crippen molar-refractivity contribution < 1.29 is 9.72 Å². The summed E-state index contributed by atoms with van der Waals surface area (Å²) in [4.78, 5) is 25.1. The number of hydrogen-bond acceptors (Lipinski definition) is 5. The van der Waals surface area contributed by atoms with Gasteiger partial charge in [-0.1, -0.05) is 18.6 Å². The zero-order chi connectivity index (χ0) is 16.2. The van der Waals surface area contributed by atoms with E-state index in [1.807, 2.05) is 0 Å². The van der Waals surface area contributed by atoms with Crippen LogP contribution < -0.4 is 10.6 Å². The zero-order valence-corrected chi connectivity index (χ0v) is 13.0. The van der Waals surface area contributed by atoms with Crippen molar-refractivity contribution in [2.75, 3.05) is 25.0 Å². The number of fused-ring (bicyclic) bond motifs is 1. The lowest BCUT2D eigenvalue weighted by Crippen LogP contribution is -2.48. The number of nitrogens with one attached hydrogen (secondary N) is 2. The number of hydrogen-bond donors (Lipinski definition) is 2. The topological polar surface area (TPSA) is 87.5 Å². The van der Waals surface area contributed by atoms with E-state index in [4.69, 9.17) is 0 Å². The van der Waals surface area contributed by atoms with Crippen molar-refractivity contribution >= 4 is 17.3 Å². The number of carbonyl (C=O) groups is 1. The van der Waals surface area contributed by atoms with Gasteiger partial charge in [-0.25, -0.2) is 0 Å². The van der Waals surface area contributed by atoms with Crippen LogP contribution in [0, 0.1) is 10.1 Å². The summed E-state index contributed by atoms with van der Waals surface area (Å²) >= 11 is 0. The Morgan fingerprint density at radius 3 is 2.91 bits per heavy atom. The first-order valence-corrected chi connectivity index (χ1v) is 8.16. The van der Waals surface area contributed by atoms with Crippen LogP contribution in [0.4, 0.5) is 11.4 Å².